The molecule has 1 atom stereocenters. The first kappa shape index (κ1) is 16.6. The van der Waals surface area contributed by atoms with Crippen LogP contribution in [0.25, 0.3) is 11.0 Å². The molecule has 1 N–H and O–H groups in total. The number of hydrogen-bond donors (Lipinski definition) is 1. The zero-order valence-corrected chi connectivity index (χ0v) is 15.1. The van der Waals surface area contributed by atoms with E-state index >= 15 is 0 Å². The second-order valence-corrected chi connectivity index (χ2v) is 7.78. The minimum absolute atomic E-state index is 0.0134. The van der Waals surface area contributed by atoms with E-state index in [1.165, 1.54) is 6.07 Å². The fraction of sp³-hybridized carbons (Fsp3) is 0.333. The van der Waals surface area contributed by atoms with Crippen molar-refractivity contribution < 1.29 is 13.6 Å². The fourth-order valence-electron chi connectivity index (χ4n) is 3.76. The van der Waals surface area contributed by atoms with Crippen molar-refractivity contribution in [3.8, 4) is 0 Å². The van der Waals surface area contributed by atoms with Crippen LogP contribution in [-0.4, -0.2) is 5.91 Å². The summed E-state index contributed by atoms with van der Waals surface area (Å²) in [6.07, 6.45) is 1.64. The molecule has 1 amide bonds. The second-order valence-electron chi connectivity index (χ2n) is 7.78. The molecule has 0 saturated heterocycles. The van der Waals surface area contributed by atoms with E-state index in [2.05, 4.69) is 19.2 Å². The van der Waals surface area contributed by atoms with Crippen molar-refractivity contribution in [1.29, 1.82) is 0 Å². The molecular weight excluding hydrogens is 330 g/mol. The van der Waals surface area contributed by atoms with Gasteiger partial charge in [-0.05, 0) is 37.0 Å². The number of nitrogens with one attached hydrogen (secondary N) is 1. The van der Waals surface area contributed by atoms with Crippen LogP contribution in [0.3, 0.4) is 0 Å². The Morgan fingerprint density at radius 3 is 2.77 bits per heavy atom. The molecule has 1 aliphatic rings. The lowest BCUT2D eigenvalue weighted by Crippen LogP contribution is -2.36. The first-order valence-corrected chi connectivity index (χ1v) is 8.75. The largest absolute Gasteiger partial charge is 0.466 e. The Morgan fingerprint density at radius 2 is 1.96 bits per heavy atom. The summed E-state index contributed by atoms with van der Waals surface area (Å²) in [6, 6.07) is 9.99. The monoisotopic (exact) mass is 351 g/mol. The van der Waals surface area contributed by atoms with Crippen LogP contribution in [-0.2, 0) is 6.42 Å². The smallest absolute Gasteiger partial charge is 0.287 e. The number of rotatable bonds is 2. The zero-order chi connectivity index (χ0) is 18.5. The van der Waals surface area contributed by atoms with Gasteiger partial charge in [0.25, 0.3) is 5.91 Å². The van der Waals surface area contributed by atoms with Crippen molar-refractivity contribution in [3.63, 3.8) is 0 Å². The summed E-state index contributed by atoms with van der Waals surface area (Å²) in [5.74, 6) is 1.40. The average molecular weight is 351 g/mol. The van der Waals surface area contributed by atoms with Crippen LogP contribution >= 0.6 is 0 Å². The summed E-state index contributed by atoms with van der Waals surface area (Å²) < 4.78 is 11.5. The molecule has 1 aromatic carbocycles. The van der Waals surface area contributed by atoms with E-state index in [0.717, 1.165) is 29.9 Å². The first-order valence-electron chi connectivity index (χ1n) is 8.75. The highest BCUT2D eigenvalue weighted by atomic mass is 16.3. The van der Waals surface area contributed by atoms with Crippen molar-refractivity contribution in [2.75, 3.05) is 0 Å². The molecule has 0 saturated carbocycles. The van der Waals surface area contributed by atoms with E-state index in [0.29, 0.717) is 11.0 Å². The van der Waals surface area contributed by atoms with Gasteiger partial charge in [-0.1, -0.05) is 26.0 Å². The Labute approximate surface area is 151 Å². The highest BCUT2D eigenvalue weighted by Gasteiger charge is 2.36. The fourth-order valence-corrected chi connectivity index (χ4v) is 3.76. The Balaban J connectivity index is 1.67. The molecule has 0 aliphatic heterocycles. The molecule has 5 nitrogen and oxygen atoms in total. The summed E-state index contributed by atoms with van der Waals surface area (Å²) in [5.41, 5.74) is 1.22. The van der Waals surface area contributed by atoms with Crippen molar-refractivity contribution in [2.45, 2.75) is 39.7 Å². The topological polar surface area (TPSA) is 72.5 Å². The molecule has 134 valence electrons. The van der Waals surface area contributed by atoms with E-state index in [4.69, 9.17) is 8.83 Å². The minimum Gasteiger partial charge on any atom is -0.466 e. The van der Waals surface area contributed by atoms with Crippen LogP contribution in [0.4, 0.5) is 0 Å². The van der Waals surface area contributed by atoms with Crippen molar-refractivity contribution in [2.24, 2.45) is 5.41 Å². The number of para-hydroxylation sites is 1. The lowest BCUT2D eigenvalue weighted by molar-refractivity contribution is 0.0889. The molecule has 2 aromatic heterocycles. The molecule has 1 aliphatic carbocycles. The molecule has 0 fully saturated rings. The molecule has 3 aromatic rings. The quantitative estimate of drug-likeness (QED) is 0.753. The molecule has 1 unspecified atom stereocenters. The van der Waals surface area contributed by atoms with E-state index in [9.17, 15) is 9.59 Å². The molecule has 0 bridgehead atoms. The van der Waals surface area contributed by atoms with Gasteiger partial charge in [-0.25, -0.2) is 0 Å². The summed E-state index contributed by atoms with van der Waals surface area (Å²) in [5, 5.41) is 3.49. The second kappa shape index (κ2) is 5.87. The van der Waals surface area contributed by atoms with Gasteiger partial charge in [0.15, 0.2) is 11.2 Å². The number of benzene rings is 1. The summed E-state index contributed by atoms with van der Waals surface area (Å²) in [6.45, 7) is 6.22. The Hall–Kier alpha value is -2.82. The highest BCUT2D eigenvalue weighted by Crippen LogP contribution is 2.42. The van der Waals surface area contributed by atoms with Gasteiger partial charge in [0.1, 0.15) is 17.1 Å². The van der Waals surface area contributed by atoms with Crippen molar-refractivity contribution in [1.82, 2.24) is 5.32 Å². The minimum atomic E-state index is -0.389. The molecule has 26 heavy (non-hydrogen) atoms. The van der Waals surface area contributed by atoms with E-state index in [-0.39, 0.29) is 28.6 Å². The number of carbonyl (C=O) groups excluding carboxylic acids is 1. The number of aryl methyl sites for hydroxylation is 1. The molecule has 2 heterocycles. The predicted octanol–water partition coefficient (Wildman–Crippen LogP) is 4.14. The maximum atomic E-state index is 12.8. The van der Waals surface area contributed by atoms with Gasteiger partial charge in [-0.2, -0.15) is 0 Å². The van der Waals surface area contributed by atoms with Crippen LogP contribution in [0.5, 0.6) is 0 Å². The van der Waals surface area contributed by atoms with Crippen molar-refractivity contribution in [3.05, 3.63) is 69.5 Å². The van der Waals surface area contributed by atoms with Crippen LogP contribution in [0.1, 0.15) is 53.9 Å². The maximum Gasteiger partial charge on any atom is 0.287 e. The van der Waals surface area contributed by atoms with Gasteiger partial charge < -0.3 is 14.2 Å². The van der Waals surface area contributed by atoms with Crippen LogP contribution in [0.2, 0.25) is 0 Å². The number of amides is 1. The molecule has 4 rings (SSSR count). The van der Waals surface area contributed by atoms with Gasteiger partial charge in [-0.3, -0.25) is 9.59 Å². The normalized spacial score (nSPS) is 18.5. The summed E-state index contributed by atoms with van der Waals surface area (Å²) in [4.78, 5) is 25.0. The lowest BCUT2D eigenvalue weighted by atomic mass is 9.74. The van der Waals surface area contributed by atoms with Crippen LogP contribution in [0, 0.1) is 12.3 Å². The lowest BCUT2D eigenvalue weighted by Gasteiger charge is -2.34. The maximum absolute atomic E-state index is 12.8. The number of fused-ring (bicyclic) bond motifs is 2. The van der Waals surface area contributed by atoms with Crippen LogP contribution in [0.15, 0.2) is 50.0 Å². The predicted molar refractivity (Wildman–Crippen MR) is 98.2 cm³/mol. The van der Waals surface area contributed by atoms with E-state index in [1.54, 1.807) is 24.3 Å². The standard InChI is InChI=1S/C21H21NO4/c1-12-8-14-15(10-21(2,3)11-19(14)25-12)22-20(24)18-9-16(23)13-6-4-5-7-17(13)26-18/h4-9,15H,10-11H2,1-3H3,(H,22,24). The molecular formula is C21H21NO4. The van der Waals surface area contributed by atoms with Gasteiger partial charge in [-0.15, -0.1) is 0 Å². The van der Waals surface area contributed by atoms with Gasteiger partial charge >= 0.3 is 0 Å². The molecule has 5 heteroatoms. The van der Waals surface area contributed by atoms with Gasteiger partial charge in [0.05, 0.1) is 11.4 Å². The molecule has 0 spiro atoms. The van der Waals surface area contributed by atoms with Crippen LogP contribution < -0.4 is 10.7 Å². The Kier molecular flexibility index (Phi) is 3.75. The number of carbonyl (C=O) groups is 1. The van der Waals surface area contributed by atoms with E-state index in [1.807, 2.05) is 13.0 Å². The molecule has 0 radical (unpaired) electrons. The summed E-state index contributed by atoms with van der Waals surface area (Å²) in [7, 11) is 0. The third kappa shape index (κ3) is 2.94. The van der Waals surface area contributed by atoms with Gasteiger partial charge in [0.2, 0.25) is 0 Å². The third-order valence-corrected chi connectivity index (χ3v) is 4.90. The SMILES string of the molecule is Cc1cc2c(o1)CC(C)(C)CC2NC(=O)c1cc(=O)c2ccccc2o1. The Morgan fingerprint density at radius 1 is 1.19 bits per heavy atom. The van der Waals surface area contributed by atoms with Crippen molar-refractivity contribution >= 4 is 16.9 Å². The van der Waals surface area contributed by atoms with Gasteiger partial charge in [0, 0.05) is 18.1 Å². The first-order chi connectivity index (χ1) is 12.3. The highest BCUT2D eigenvalue weighted by molar-refractivity contribution is 5.93. The zero-order valence-electron chi connectivity index (χ0n) is 15.1. The number of furan rings is 1. The number of hydrogen-bond acceptors (Lipinski definition) is 4. The third-order valence-electron chi connectivity index (χ3n) is 4.90. The average Bonchev–Trinajstić information content (AvgIpc) is 2.93. The summed E-state index contributed by atoms with van der Waals surface area (Å²) >= 11 is 0. The Bertz CT molecular complexity index is 1060. The van der Waals surface area contributed by atoms with E-state index < -0.39 is 0 Å².